The van der Waals surface area contributed by atoms with Gasteiger partial charge in [-0.15, -0.1) is 0 Å². The molecule has 2 unspecified atom stereocenters. The lowest BCUT2D eigenvalue weighted by molar-refractivity contribution is -0.138. The summed E-state index contributed by atoms with van der Waals surface area (Å²) in [6.07, 6.45) is 4.59. The molecule has 2 fully saturated rings. The van der Waals surface area contributed by atoms with Gasteiger partial charge in [0.05, 0.1) is 0 Å². The van der Waals surface area contributed by atoms with E-state index in [2.05, 4.69) is 17.2 Å². The van der Waals surface area contributed by atoms with Crippen LogP contribution < -0.4 is 11.1 Å². The fourth-order valence-corrected chi connectivity index (χ4v) is 4.25. The molecule has 6 nitrogen and oxygen atoms in total. The minimum Gasteiger partial charge on any atom is -0.368 e. The zero-order valence-electron chi connectivity index (χ0n) is 15.2. The molecule has 1 spiro atoms. The lowest BCUT2D eigenvalue weighted by Gasteiger charge is -2.30. The maximum Gasteiger partial charge on any atom is 0.246 e. The summed E-state index contributed by atoms with van der Waals surface area (Å²) in [5.74, 6) is 0.890. The van der Waals surface area contributed by atoms with Gasteiger partial charge in [-0.2, -0.15) is 0 Å². The number of rotatable bonds is 6. The molecular formula is C19H28N4O2. The van der Waals surface area contributed by atoms with Crippen LogP contribution in [0.3, 0.4) is 0 Å². The molecule has 6 heteroatoms. The predicted octanol–water partition coefficient (Wildman–Crippen LogP) is 2.02. The first-order valence-electron chi connectivity index (χ1n) is 9.15. The minimum atomic E-state index is -0.490. The number of nitrogens with two attached hydrogens (primary N) is 1. The number of carbonyl (C=O) groups is 2. The summed E-state index contributed by atoms with van der Waals surface area (Å²) in [6, 6.07) is 4.64. The van der Waals surface area contributed by atoms with E-state index in [-0.39, 0.29) is 17.2 Å². The van der Waals surface area contributed by atoms with Gasteiger partial charge in [0.15, 0.2) is 0 Å². The van der Waals surface area contributed by atoms with Crippen LogP contribution in [-0.4, -0.2) is 40.3 Å². The summed E-state index contributed by atoms with van der Waals surface area (Å²) < 4.78 is 0. The van der Waals surface area contributed by atoms with Crippen LogP contribution in [-0.2, 0) is 9.59 Å². The zero-order chi connectivity index (χ0) is 18.2. The number of nitrogens with one attached hydrogen (secondary N) is 1. The first kappa shape index (κ1) is 17.7. The van der Waals surface area contributed by atoms with Gasteiger partial charge in [-0.3, -0.25) is 9.59 Å². The maximum absolute atomic E-state index is 13.2. The first-order chi connectivity index (χ1) is 11.9. The number of likely N-dealkylation sites (tertiary alicyclic amines) is 1. The Balaban J connectivity index is 1.79. The van der Waals surface area contributed by atoms with E-state index in [1.165, 1.54) is 0 Å². The first-order valence-corrected chi connectivity index (χ1v) is 9.15. The van der Waals surface area contributed by atoms with E-state index in [4.69, 9.17) is 5.73 Å². The summed E-state index contributed by atoms with van der Waals surface area (Å²) >= 11 is 0. The third kappa shape index (κ3) is 3.34. The molecule has 0 radical (unpaired) electrons. The van der Waals surface area contributed by atoms with Crippen LogP contribution in [0, 0.1) is 17.3 Å². The van der Waals surface area contributed by atoms with Crippen LogP contribution in [0.25, 0.3) is 0 Å². The SMILES string of the molecule is CC[C@@H]1CC12C[C@@H](C(N)=O)N(C(=O)C(Nc1ccccn1)C(C)C)C2. The highest BCUT2D eigenvalue weighted by molar-refractivity contribution is 5.91. The summed E-state index contributed by atoms with van der Waals surface area (Å²) in [4.78, 5) is 31.2. The summed E-state index contributed by atoms with van der Waals surface area (Å²) in [6.45, 7) is 6.80. The lowest BCUT2D eigenvalue weighted by Crippen LogP contribution is -2.51. The largest absolute Gasteiger partial charge is 0.368 e. The molecule has 0 aromatic carbocycles. The predicted molar refractivity (Wildman–Crippen MR) is 96.6 cm³/mol. The number of nitrogens with zero attached hydrogens (tertiary/aromatic N) is 2. The summed E-state index contributed by atoms with van der Waals surface area (Å²) in [5.41, 5.74) is 5.73. The monoisotopic (exact) mass is 344 g/mol. The van der Waals surface area contributed by atoms with E-state index in [0.717, 1.165) is 12.8 Å². The van der Waals surface area contributed by atoms with Crippen molar-refractivity contribution in [3.63, 3.8) is 0 Å². The van der Waals surface area contributed by atoms with Gasteiger partial charge >= 0.3 is 0 Å². The van der Waals surface area contributed by atoms with Crippen molar-refractivity contribution < 1.29 is 9.59 Å². The summed E-state index contributed by atoms with van der Waals surface area (Å²) in [7, 11) is 0. The third-order valence-corrected chi connectivity index (χ3v) is 5.83. The molecule has 1 aliphatic heterocycles. The number of hydrogen-bond acceptors (Lipinski definition) is 4. The zero-order valence-corrected chi connectivity index (χ0v) is 15.2. The molecular weight excluding hydrogens is 316 g/mol. The number of amides is 2. The highest BCUT2D eigenvalue weighted by Gasteiger charge is 2.61. The van der Waals surface area contributed by atoms with Gasteiger partial charge in [-0.1, -0.05) is 33.3 Å². The second kappa shape index (κ2) is 6.65. The van der Waals surface area contributed by atoms with Gasteiger partial charge < -0.3 is 16.0 Å². The highest BCUT2D eigenvalue weighted by atomic mass is 16.2. The quantitative estimate of drug-likeness (QED) is 0.826. The second-order valence-corrected chi connectivity index (χ2v) is 7.84. The molecule has 3 N–H and O–H groups in total. The van der Waals surface area contributed by atoms with Gasteiger partial charge in [0.1, 0.15) is 17.9 Å². The third-order valence-electron chi connectivity index (χ3n) is 5.83. The van der Waals surface area contributed by atoms with E-state index in [1.54, 1.807) is 11.1 Å². The molecule has 1 saturated heterocycles. The van der Waals surface area contributed by atoms with Gasteiger partial charge in [0.2, 0.25) is 11.8 Å². The van der Waals surface area contributed by atoms with Crippen LogP contribution in [0.4, 0.5) is 5.82 Å². The minimum absolute atomic E-state index is 0.0527. The number of aromatic nitrogens is 1. The van der Waals surface area contributed by atoms with Crippen LogP contribution >= 0.6 is 0 Å². The average molecular weight is 344 g/mol. The molecule has 0 bridgehead atoms. The van der Waals surface area contributed by atoms with Crippen molar-refractivity contribution in [2.75, 3.05) is 11.9 Å². The standard InChI is InChI=1S/C19H28N4O2/c1-4-13-9-19(13)10-14(17(20)24)23(11-19)18(25)16(12(2)3)22-15-7-5-6-8-21-15/h5-8,12-14,16H,4,9-11H2,1-3H3,(H2,20,24)(H,21,22)/t13-,14+,16?,19?/m1/s1. The van der Waals surface area contributed by atoms with Crippen molar-refractivity contribution >= 4 is 17.6 Å². The molecule has 3 rings (SSSR count). The van der Waals surface area contributed by atoms with Crippen molar-refractivity contribution in [1.82, 2.24) is 9.88 Å². The van der Waals surface area contributed by atoms with E-state index in [9.17, 15) is 9.59 Å². The van der Waals surface area contributed by atoms with Gasteiger partial charge in [-0.05, 0) is 42.2 Å². The number of primary amides is 1. The molecule has 2 aliphatic rings. The molecule has 25 heavy (non-hydrogen) atoms. The van der Waals surface area contributed by atoms with Crippen LogP contribution in [0.1, 0.15) is 40.0 Å². The molecule has 2 heterocycles. The Kier molecular flexibility index (Phi) is 4.71. The Morgan fingerprint density at radius 1 is 1.40 bits per heavy atom. The number of carbonyl (C=O) groups excluding carboxylic acids is 2. The molecule has 1 aliphatic carbocycles. The molecule has 4 atom stereocenters. The Bertz CT molecular complexity index is 648. The molecule has 1 saturated carbocycles. The Labute approximate surface area is 149 Å². The Hall–Kier alpha value is -2.11. The van der Waals surface area contributed by atoms with E-state index in [0.29, 0.717) is 24.7 Å². The number of hydrogen-bond donors (Lipinski definition) is 2. The number of anilines is 1. The van der Waals surface area contributed by atoms with Crippen LogP contribution in [0.5, 0.6) is 0 Å². The number of pyridine rings is 1. The van der Waals surface area contributed by atoms with Crippen molar-refractivity contribution in [2.45, 2.75) is 52.1 Å². The van der Waals surface area contributed by atoms with Gasteiger partial charge in [0, 0.05) is 12.7 Å². The highest BCUT2D eigenvalue weighted by Crippen LogP contribution is 2.61. The fourth-order valence-electron chi connectivity index (χ4n) is 4.25. The van der Waals surface area contributed by atoms with Crippen LogP contribution in [0.15, 0.2) is 24.4 Å². The lowest BCUT2D eigenvalue weighted by atomic mass is 9.98. The van der Waals surface area contributed by atoms with Crippen LogP contribution in [0.2, 0.25) is 0 Å². The molecule has 136 valence electrons. The Morgan fingerprint density at radius 2 is 2.16 bits per heavy atom. The fraction of sp³-hybridized carbons (Fsp3) is 0.632. The van der Waals surface area contributed by atoms with Crippen molar-refractivity contribution in [1.29, 1.82) is 0 Å². The van der Waals surface area contributed by atoms with Crippen molar-refractivity contribution in [3.05, 3.63) is 24.4 Å². The molecule has 2 amide bonds. The summed E-state index contributed by atoms with van der Waals surface area (Å²) in [5, 5.41) is 3.23. The molecule has 1 aromatic rings. The smallest absolute Gasteiger partial charge is 0.246 e. The normalized spacial score (nSPS) is 29.0. The van der Waals surface area contributed by atoms with E-state index < -0.39 is 18.0 Å². The van der Waals surface area contributed by atoms with Crippen molar-refractivity contribution in [2.24, 2.45) is 23.0 Å². The van der Waals surface area contributed by atoms with Gasteiger partial charge in [0.25, 0.3) is 0 Å². The van der Waals surface area contributed by atoms with Crippen molar-refractivity contribution in [3.8, 4) is 0 Å². The second-order valence-electron chi connectivity index (χ2n) is 7.84. The average Bonchev–Trinajstić information content (AvgIpc) is 3.12. The molecule has 1 aromatic heterocycles. The maximum atomic E-state index is 13.2. The Morgan fingerprint density at radius 3 is 2.68 bits per heavy atom. The van der Waals surface area contributed by atoms with E-state index in [1.807, 2.05) is 32.0 Å². The topological polar surface area (TPSA) is 88.3 Å². The van der Waals surface area contributed by atoms with Gasteiger partial charge in [-0.25, -0.2) is 4.98 Å². The van der Waals surface area contributed by atoms with E-state index >= 15 is 0 Å².